The number of carbonyl (C=O) groups is 2. The van der Waals surface area contributed by atoms with Crippen LogP contribution in [0.5, 0.6) is 0 Å². The van der Waals surface area contributed by atoms with Gasteiger partial charge < -0.3 is 8.92 Å². The Balaban J connectivity index is 3.92. The predicted octanol–water partition coefficient (Wildman–Crippen LogP) is 0.848. The highest BCUT2D eigenvalue weighted by molar-refractivity contribution is 7.90. The van der Waals surface area contributed by atoms with Gasteiger partial charge in [0.2, 0.25) is 12.3 Å². The topological polar surface area (TPSA) is 61.8 Å². The molecular weight excluding hydrogens is 228 g/mol. The molecule has 0 rings (SSSR count). The van der Waals surface area contributed by atoms with Gasteiger partial charge in [-0.3, -0.25) is 13.8 Å². The molecule has 0 aliphatic rings. The first-order valence-corrected chi connectivity index (χ1v) is 5.04. The van der Waals surface area contributed by atoms with Crippen LogP contribution in [0.4, 0.5) is 0 Å². The van der Waals surface area contributed by atoms with Crippen molar-refractivity contribution in [2.45, 2.75) is 6.42 Å². The van der Waals surface area contributed by atoms with Crippen molar-refractivity contribution in [1.29, 1.82) is 0 Å². The molecular formula is C7H12O5S2. The highest BCUT2D eigenvalue weighted by Crippen LogP contribution is 2.12. The van der Waals surface area contributed by atoms with Crippen LogP contribution in [0.1, 0.15) is 6.42 Å². The minimum Gasteiger partial charge on any atom is -0.469 e. The molecule has 0 aliphatic carbocycles. The number of methoxy groups -OCH3 is 1. The summed E-state index contributed by atoms with van der Waals surface area (Å²) in [6.45, 7) is 0. The van der Waals surface area contributed by atoms with Gasteiger partial charge in [0.05, 0.1) is 26.6 Å². The van der Waals surface area contributed by atoms with Gasteiger partial charge in [-0.25, -0.2) is 0 Å². The molecule has 5 nitrogen and oxygen atoms in total. The molecule has 0 aliphatic heterocycles. The summed E-state index contributed by atoms with van der Waals surface area (Å²) in [5.41, 5.74) is 0. The maximum absolute atomic E-state index is 11.0. The molecule has 0 aromatic heterocycles. The lowest BCUT2D eigenvalue weighted by Gasteiger charge is -2.09. The van der Waals surface area contributed by atoms with E-state index in [1.54, 1.807) is 0 Å². The fourth-order valence-corrected chi connectivity index (χ4v) is 1.19. The minimum atomic E-state index is -0.576. The zero-order valence-corrected chi connectivity index (χ0v) is 9.60. The molecule has 0 bridgehead atoms. The molecule has 0 spiro atoms. The number of ether oxygens (including phenoxy) is 1. The Hall–Kier alpha value is -0.400. The zero-order valence-electron chi connectivity index (χ0n) is 7.89. The lowest BCUT2D eigenvalue weighted by Crippen LogP contribution is -2.21. The highest BCUT2D eigenvalue weighted by Gasteiger charge is 2.22. The van der Waals surface area contributed by atoms with Crippen LogP contribution in [0.15, 0.2) is 0 Å². The van der Waals surface area contributed by atoms with Crippen molar-refractivity contribution in [3.63, 3.8) is 0 Å². The van der Waals surface area contributed by atoms with Crippen LogP contribution in [0.2, 0.25) is 0 Å². The molecule has 14 heavy (non-hydrogen) atoms. The normalized spacial score (nSPS) is 11.9. The summed E-state index contributed by atoms with van der Waals surface area (Å²) in [7, 11) is 2.63. The number of thiol groups is 1. The van der Waals surface area contributed by atoms with Crippen LogP contribution < -0.4 is 0 Å². The van der Waals surface area contributed by atoms with E-state index in [1.165, 1.54) is 14.2 Å². The fraction of sp³-hybridized carbons (Fsp3) is 0.714. The van der Waals surface area contributed by atoms with Gasteiger partial charge in [-0.15, -0.1) is 0 Å². The first-order chi connectivity index (χ1) is 6.65. The Kier molecular flexibility index (Phi) is 7.73. The molecule has 0 saturated carbocycles. The second-order valence-corrected chi connectivity index (χ2v) is 3.30. The SMILES string of the molecule is COSOC(=O)CC(CS)C(=O)OC. The summed E-state index contributed by atoms with van der Waals surface area (Å²) in [6, 6.07) is 0. The van der Waals surface area contributed by atoms with Crippen molar-refractivity contribution < 1.29 is 22.7 Å². The van der Waals surface area contributed by atoms with Crippen molar-refractivity contribution in [2.24, 2.45) is 5.92 Å². The lowest BCUT2D eigenvalue weighted by molar-refractivity contribution is -0.148. The van der Waals surface area contributed by atoms with E-state index in [2.05, 4.69) is 25.7 Å². The molecule has 82 valence electrons. The first-order valence-electron chi connectivity index (χ1n) is 3.74. The fourth-order valence-electron chi connectivity index (χ4n) is 0.696. The highest BCUT2D eigenvalue weighted by atomic mass is 32.2. The maximum Gasteiger partial charge on any atom is 0.320 e. The van der Waals surface area contributed by atoms with E-state index in [4.69, 9.17) is 0 Å². The van der Waals surface area contributed by atoms with Gasteiger partial charge in [0.1, 0.15) is 0 Å². The second kappa shape index (κ2) is 7.95. The number of rotatable bonds is 6. The molecule has 1 unspecified atom stereocenters. The summed E-state index contributed by atoms with van der Waals surface area (Å²) >= 11 is 4.49. The van der Waals surface area contributed by atoms with Gasteiger partial charge in [0.25, 0.3) is 0 Å². The number of hydrogen-bond donors (Lipinski definition) is 1. The number of esters is 1. The Labute approximate surface area is 92.3 Å². The van der Waals surface area contributed by atoms with Crippen molar-refractivity contribution >= 4 is 36.9 Å². The van der Waals surface area contributed by atoms with Crippen molar-refractivity contribution in [3.05, 3.63) is 0 Å². The largest absolute Gasteiger partial charge is 0.469 e. The third-order valence-corrected chi connectivity index (χ3v) is 2.19. The smallest absolute Gasteiger partial charge is 0.320 e. The van der Waals surface area contributed by atoms with Crippen molar-refractivity contribution in [1.82, 2.24) is 0 Å². The maximum atomic E-state index is 11.0. The molecule has 0 radical (unpaired) electrons. The van der Waals surface area contributed by atoms with E-state index in [0.29, 0.717) is 12.3 Å². The van der Waals surface area contributed by atoms with Crippen LogP contribution in [0.25, 0.3) is 0 Å². The molecule has 0 fully saturated rings. The Bertz CT molecular complexity index is 197. The van der Waals surface area contributed by atoms with Crippen molar-refractivity contribution in [3.8, 4) is 0 Å². The minimum absolute atomic E-state index is 0.0630. The van der Waals surface area contributed by atoms with E-state index in [0.717, 1.165) is 0 Å². The zero-order chi connectivity index (χ0) is 11.0. The molecule has 0 heterocycles. The lowest BCUT2D eigenvalue weighted by atomic mass is 10.1. The number of carbonyl (C=O) groups excluding carboxylic acids is 2. The first kappa shape index (κ1) is 13.6. The monoisotopic (exact) mass is 240 g/mol. The van der Waals surface area contributed by atoms with E-state index >= 15 is 0 Å². The second-order valence-electron chi connectivity index (χ2n) is 2.30. The Morgan fingerprint density at radius 1 is 1.43 bits per heavy atom. The molecule has 0 saturated heterocycles. The molecule has 0 amide bonds. The summed E-state index contributed by atoms with van der Waals surface area (Å²) < 4.78 is 13.5. The van der Waals surface area contributed by atoms with Crippen LogP contribution in [-0.2, 0) is 22.7 Å². The average molecular weight is 240 g/mol. The summed E-state index contributed by atoms with van der Waals surface area (Å²) in [4.78, 5) is 22.1. The van der Waals surface area contributed by atoms with Gasteiger partial charge in [-0.05, 0) is 0 Å². The van der Waals surface area contributed by atoms with Gasteiger partial charge in [-0.1, -0.05) is 0 Å². The Morgan fingerprint density at radius 3 is 2.50 bits per heavy atom. The summed E-state index contributed by atoms with van der Waals surface area (Å²) in [5.74, 6) is -1.35. The van der Waals surface area contributed by atoms with E-state index in [-0.39, 0.29) is 12.2 Å². The molecule has 7 heteroatoms. The van der Waals surface area contributed by atoms with E-state index in [9.17, 15) is 9.59 Å². The third-order valence-electron chi connectivity index (χ3n) is 1.36. The third kappa shape index (κ3) is 5.36. The van der Waals surface area contributed by atoms with Gasteiger partial charge >= 0.3 is 11.9 Å². The number of hydrogen-bond acceptors (Lipinski definition) is 7. The molecule has 0 aromatic carbocycles. The Morgan fingerprint density at radius 2 is 2.07 bits per heavy atom. The molecule has 0 N–H and O–H groups in total. The quantitative estimate of drug-likeness (QED) is 0.422. The van der Waals surface area contributed by atoms with Crippen LogP contribution in [0.3, 0.4) is 0 Å². The van der Waals surface area contributed by atoms with Crippen molar-refractivity contribution in [2.75, 3.05) is 20.0 Å². The summed E-state index contributed by atoms with van der Waals surface area (Å²) in [6.07, 6.45) is -0.0630. The van der Waals surface area contributed by atoms with Gasteiger partial charge in [0, 0.05) is 5.75 Å². The van der Waals surface area contributed by atoms with Gasteiger partial charge in [0.15, 0.2) is 0 Å². The van der Waals surface area contributed by atoms with Crippen LogP contribution in [-0.4, -0.2) is 31.9 Å². The van der Waals surface area contributed by atoms with E-state index in [1.807, 2.05) is 0 Å². The van der Waals surface area contributed by atoms with Crippen LogP contribution in [0, 0.1) is 5.92 Å². The standard InChI is InChI=1S/C7H12O5S2/c1-10-7(9)5(4-13)3-6(8)12-14-11-2/h5,13H,3-4H2,1-2H3. The van der Waals surface area contributed by atoms with Crippen LogP contribution >= 0.6 is 25.0 Å². The average Bonchev–Trinajstić information content (AvgIpc) is 2.21. The predicted molar refractivity (Wildman–Crippen MR) is 54.7 cm³/mol. The summed E-state index contributed by atoms with van der Waals surface area (Å²) in [5, 5.41) is 0. The van der Waals surface area contributed by atoms with Gasteiger partial charge in [-0.2, -0.15) is 12.6 Å². The van der Waals surface area contributed by atoms with E-state index < -0.39 is 17.9 Å². The molecule has 1 atom stereocenters. The molecule has 0 aromatic rings.